The average molecular weight is 469 g/mol. The molecule has 1 amide bonds. The molecule has 0 radical (unpaired) electrons. The first-order valence-corrected chi connectivity index (χ1v) is 12.2. The number of aliphatic hydroxyl groups excluding tert-OH is 2. The molecular weight excluding hydrogens is 436 g/mol. The van der Waals surface area contributed by atoms with Crippen LogP contribution < -0.4 is 5.32 Å². The average Bonchev–Trinajstić information content (AvgIpc) is 3.20. The molecule has 2 aliphatic rings. The van der Waals surface area contributed by atoms with Crippen molar-refractivity contribution in [3.05, 3.63) is 35.1 Å². The summed E-state index contributed by atoms with van der Waals surface area (Å²) >= 11 is 1.58. The van der Waals surface area contributed by atoms with Gasteiger partial charge in [-0.1, -0.05) is 19.8 Å². The van der Waals surface area contributed by atoms with Gasteiger partial charge in [0.15, 0.2) is 5.13 Å². The van der Waals surface area contributed by atoms with Crippen LogP contribution in [0.5, 0.6) is 0 Å². The fraction of sp³-hybridized carbons (Fsp3) is 0.560. The minimum atomic E-state index is -0.641. The van der Waals surface area contributed by atoms with E-state index in [1.165, 1.54) is 0 Å². The number of carbonyl (C=O) groups is 1. The summed E-state index contributed by atoms with van der Waals surface area (Å²) in [6, 6.07) is 3.80. The number of terminal acetylenes is 1. The number of aromatic nitrogens is 2. The van der Waals surface area contributed by atoms with Gasteiger partial charge in [0.1, 0.15) is 0 Å². The maximum Gasteiger partial charge on any atom is 0.223 e. The van der Waals surface area contributed by atoms with E-state index in [1.807, 2.05) is 19.1 Å². The van der Waals surface area contributed by atoms with Gasteiger partial charge in [0.05, 0.1) is 36.8 Å². The highest BCUT2D eigenvalue weighted by atomic mass is 32.1. The van der Waals surface area contributed by atoms with Crippen LogP contribution in [0.1, 0.15) is 49.6 Å². The Balaban J connectivity index is 1.75. The van der Waals surface area contributed by atoms with Crippen LogP contribution in [0.4, 0.5) is 10.8 Å². The summed E-state index contributed by atoms with van der Waals surface area (Å²) < 4.78 is 0. The molecule has 2 aromatic rings. The molecule has 0 aliphatic heterocycles. The zero-order chi connectivity index (χ0) is 23.8. The van der Waals surface area contributed by atoms with Gasteiger partial charge in [0.25, 0.3) is 0 Å². The molecule has 0 spiro atoms. The molecule has 2 heterocycles. The third-order valence-electron chi connectivity index (χ3n) is 7.94. The van der Waals surface area contributed by atoms with E-state index >= 15 is 0 Å². The molecule has 2 aromatic heterocycles. The van der Waals surface area contributed by atoms with Crippen molar-refractivity contribution in [3.8, 4) is 12.3 Å². The fourth-order valence-electron chi connectivity index (χ4n) is 5.81. The van der Waals surface area contributed by atoms with Gasteiger partial charge in [-0.15, -0.1) is 17.8 Å². The van der Waals surface area contributed by atoms with Crippen LogP contribution in [0.15, 0.2) is 24.5 Å². The second-order valence-corrected chi connectivity index (χ2v) is 11.0. The first-order chi connectivity index (χ1) is 15.7. The molecule has 7 nitrogen and oxygen atoms in total. The Morgan fingerprint density at radius 3 is 2.91 bits per heavy atom. The Labute approximate surface area is 199 Å². The zero-order valence-corrected chi connectivity index (χ0v) is 20.2. The monoisotopic (exact) mass is 468 g/mol. The third-order valence-corrected chi connectivity index (χ3v) is 8.95. The first kappa shape index (κ1) is 23.7. The predicted octanol–water partition coefficient (Wildman–Crippen LogP) is 3.18. The van der Waals surface area contributed by atoms with E-state index in [2.05, 4.69) is 23.1 Å². The summed E-state index contributed by atoms with van der Waals surface area (Å²) in [5, 5.41) is 25.3. The van der Waals surface area contributed by atoms with Gasteiger partial charge >= 0.3 is 0 Å². The number of aliphatic hydroxyl groups is 2. The lowest BCUT2D eigenvalue weighted by atomic mass is 9.47. The van der Waals surface area contributed by atoms with Crippen LogP contribution in [-0.4, -0.2) is 57.3 Å². The molecule has 0 aromatic carbocycles. The molecule has 5 atom stereocenters. The van der Waals surface area contributed by atoms with Gasteiger partial charge in [0, 0.05) is 35.9 Å². The Morgan fingerprint density at radius 1 is 1.45 bits per heavy atom. The van der Waals surface area contributed by atoms with Crippen molar-refractivity contribution < 1.29 is 15.0 Å². The molecule has 0 saturated heterocycles. The number of thiazole rings is 1. The van der Waals surface area contributed by atoms with E-state index in [0.29, 0.717) is 12.8 Å². The molecule has 4 rings (SSSR count). The van der Waals surface area contributed by atoms with E-state index in [9.17, 15) is 15.0 Å². The second-order valence-electron chi connectivity index (χ2n) is 9.89. The standard InChI is InChI=1S/C25H32N4O3S/c1-5-11-29(4)21(32)12-17-22-18(33-23(28-22)27-16-7-6-10-26-14-16)13-19-24(17,2)9-8-20(31)25(19,3)15-30/h1,6-7,10,14,17,19-20,30-31H,8-9,11-13,15H2,2-4H3,(H,27,28)/t17-,19+,20-,24+,25+/m1/s1. The highest BCUT2D eigenvalue weighted by Crippen LogP contribution is 2.63. The largest absolute Gasteiger partial charge is 0.396 e. The van der Waals surface area contributed by atoms with Gasteiger partial charge in [-0.05, 0) is 42.7 Å². The van der Waals surface area contributed by atoms with Crippen LogP contribution in [0.25, 0.3) is 0 Å². The van der Waals surface area contributed by atoms with Gasteiger partial charge in [-0.2, -0.15) is 0 Å². The van der Waals surface area contributed by atoms with Crippen molar-refractivity contribution in [2.24, 2.45) is 16.7 Å². The second kappa shape index (κ2) is 9.05. The normalized spacial score (nSPS) is 30.6. The number of carbonyl (C=O) groups excluding carboxylic acids is 1. The number of fused-ring (bicyclic) bond motifs is 2. The number of amides is 1. The zero-order valence-electron chi connectivity index (χ0n) is 19.4. The van der Waals surface area contributed by atoms with Crippen LogP contribution in [-0.2, 0) is 11.2 Å². The number of hydrogen-bond acceptors (Lipinski definition) is 7. The van der Waals surface area contributed by atoms with Crippen LogP contribution in [0, 0.1) is 29.1 Å². The molecule has 2 aliphatic carbocycles. The van der Waals surface area contributed by atoms with Crippen molar-refractivity contribution in [1.29, 1.82) is 0 Å². The van der Waals surface area contributed by atoms with Crippen molar-refractivity contribution in [1.82, 2.24) is 14.9 Å². The molecule has 3 N–H and O–H groups in total. The fourth-order valence-corrected chi connectivity index (χ4v) is 6.90. The molecule has 0 unspecified atom stereocenters. The van der Waals surface area contributed by atoms with Gasteiger partial charge in [0.2, 0.25) is 5.91 Å². The lowest BCUT2D eigenvalue weighted by Crippen LogP contribution is -2.57. The number of rotatable bonds is 6. The molecule has 0 bridgehead atoms. The van der Waals surface area contributed by atoms with E-state index in [1.54, 1.807) is 35.7 Å². The topological polar surface area (TPSA) is 98.6 Å². The third kappa shape index (κ3) is 4.14. The molecule has 1 saturated carbocycles. The minimum absolute atomic E-state index is 0.0163. The van der Waals surface area contributed by atoms with E-state index < -0.39 is 11.5 Å². The Hall–Kier alpha value is -2.47. The highest BCUT2D eigenvalue weighted by molar-refractivity contribution is 7.15. The number of hydrogen-bond donors (Lipinski definition) is 3. The van der Waals surface area contributed by atoms with Gasteiger partial charge < -0.3 is 20.4 Å². The van der Waals surface area contributed by atoms with Gasteiger partial charge in [-0.3, -0.25) is 9.78 Å². The number of pyridine rings is 1. The summed E-state index contributed by atoms with van der Waals surface area (Å²) in [5.41, 5.74) is 0.877. The van der Waals surface area contributed by atoms with Crippen LogP contribution >= 0.6 is 11.3 Å². The lowest BCUT2D eigenvalue weighted by molar-refractivity contribution is -0.146. The highest BCUT2D eigenvalue weighted by Gasteiger charge is 2.59. The number of nitrogens with one attached hydrogen (secondary N) is 1. The molecule has 8 heteroatoms. The molecule has 1 fully saturated rings. The Bertz CT molecular complexity index is 1050. The SMILES string of the molecule is C#CCN(C)C(=O)C[C@@H]1c2nc(Nc3cccnc3)sc2C[C@@H]2[C@](C)(CO)[C@H](O)CC[C@]21C. The first-order valence-electron chi connectivity index (χ1n) is 11.4. The summed E-state index contributed by atoms with van der Waals surface area (Å²) in [5.74, 6) is 2.42. The Morgan fingerprint density at radius 2 is 2.24 bits per heavy atom. The molecular formula is C25H32N4O3S. The minimum Gasteiger partial charge on any atom is -0.396 e. The molecule has 176 valence electrons. The van der Waals surface area contributed by atoms with E-state index in [0.717, 1.165) is 34.2 Å². The van der Waals surface area contributed by atoms with Gasteiger partial charge in [-0.25, -0.2) is 4.98 Å². The smallest absolute Gasteiger partial charge is 0.223 e. The van der Waals surface area contributed by atoms with Crippen LogP contribution in [0.3, 0.4) is 0 Å². The maximum atomic E-state index is 13.1. The van der Waals surface area contributed by atoms with Crippen molar-refractivity contribution >= 4 is 28.1 Å². The van der Waals surface area contributed by atoms with Crippen molar-refractivity contribution in [2.75, 3.05) is 25.5 Å². The lowest BCUT2D eigenvalue weighted by Gasteiger charge is -2.58. The van der Waals surface area contributed by atoms with Crippen molar-refractivity contribution in [2.45, 2.75) is 51.6 Å². The van der Waals surface area contributed by atoms with Crippen molar-refractivity contribution in [3.63, 3.8) is 0 Å². The summed E-state index contributed by atoms with van der Waals surface area (Å²) in [6.07, 6.45) is 10.7. The predicted molar refractivity (Wildman–Crippen MR) is 129 cm³/mol. The van der Waals surface area contributed by atoms with E-state index in [4.69, 9.17) is 11.4 Å². The Kier molecular flexibility index (Phi) is 6.50. The van der Waals surface area contributed by atoms with E-state index in [-0.39, 0.29) is 36.3 Å². The summed E-state index contributed by atoms with van der Waals surface area (Å²) in [4.78, 5) is 24.9. The van der Waals surface area contributed by atoms with Crippen LogP contribution in [0.2, 0.25) is 0 Å². The number of anilines is 2. The summed E-state index contributed by atoms with van der Waals surface area (Å²) in [6.45, 7) is 4.34. The molecule has 33 heavy (non-hydrogen) atoms. The summed E-state index contributed by atoms with van der Waals surface area (Å²) in [7, 11) is 1.73. The maximum absolute atomic E-state index is 13.1. The quantitative estimate of drug-likeness (QED) is 0.564. The number of nitrogens with zero attached hydrogens (tertiary/aromatic N) is 3.